The number of halogens is 1. The van der Waals surface area contributed by atoms with Crippen LogP contribution in [0, 0.1) is 11.7 Å². The van der Waals surface area contributed by atoms with Crippen LogP contribution in [0.25, 0.3) is 0 Å². The van der Waals surface area contributed by atoms with Gasteiger partial charge in [0.05, 0.1) is 5.92 Å². The number of urea groups is 1. The SMILES string of the molecule is NC(=O)NC(=O)COC(=O)C1CCCN(C(=O)c2ccc(F)cc2)C1. The van der Waals surface area contributed by atoms with Crippen LogP contribution in [0.15, 0.2) is 24.3 Å². The Morgan fingerprint density at radius 3 is 2.56 bits per heavy atom. The first kappa shape index (κ1) is 18.4. The summed E-state index contributed by atoms with van der Waals surface area (Å²) in [5, 5.41) is 1.78. The Bertz CT molecular complexity index is 677. The van der Waals surface area contributed by atoms with Gasteiger partial charge in [-0.3, -0.25) is 19.7 Å². The standard InChI is InChI=1S/C16H18FN3O5/c17-12-5-3-10(4-6-12)14(22)20-7-1-2-11(8-20)15(23)25-9-13(21)19-16(18)24/h3-6,11H,1-2,7-9H2,(H3,18,19,21,24). The zero-order valence-corrected chi connectivity index (χ0v) is 13.4. The van der Waals surface area contributed by atoms with E-state index in [1.807, 2.05) is 0 Å². The summed E-state index contributed by atoms with van der Waals surface area (Å²) in [7, 11) is 0. The lowest BCUT2D eigenvalue weighted by Gasteiger charge is -2.31. The van der Waals surface area contributed by atoms with E-state index in [-0.39, 0.29) is 12.5 Å². The predicted molar refractivity (Wildman–Crippen MR) is 83.7 cm³/mol. The third-order valence-electron chi connectivity index (χ3n) is 3.74. The Labute approximate surface area is 143 Å². The minimum absolute atomic E-state index is 0.145. The van der Waals surface area contributed by atoms with Gasteiger partial charge in [0, 0.05) is 18.7 Å². The number of hydrogen-bond acceptors (Lipinski definition) is 5. The van der Waals surface area contributed by atoms with Crippen molar-refractivity contribution >= 4 is 23.8 Å². The molecule has 3 N–H and O–H groups in total. The fourth-order valence-corrected chi connectivity index (χ4v) is 2.56. The van der Waals surface area contributed by atoms with Crippen molar-refractivity contribution in [2.75, 3.05) is 19.7 Å². The van der Waals surface area contributed by atoms with Crippen molar-refractivity contribution in [2.24, 2.45) is 11.7 Å². The lowest BCUT2D eigenvalue weighted by molar-refractivity contribution is -0.153. The number of benzene rings is 1. The molecule has 8 nitrogen and oxygen atoms in total. The molecule has 134 valence electrons. The highest BCUT2D eigenvalue weighted by Gasteiger charge is 2.30. The molecule has 4 amide bonds. The van der Waals surface area contributed by atoms with Gasteiger partial charge in [0.15, 0.2) is 6.61 Å². The third-order valence-corrected chi connectivity index (χ3v) is 3.74. The highest BCUT2D eigenvalue weighted by atomic mass is 19.1. The van der Waals surface area contributed by atoms with Crippen molar-refractivity contribution in [3.8, 4) is 0 Å². The van der Waals surface area contributed by atoms with E-state index < -0.39 is 36.2 Å². The Morgan fingerprint density at radius 1 is 1.24 bits per heavy atom. The maximum Gasteiger partial charge on any atom is 0.318 e. The number of imide groups is 1. The van der Waals surface area contributed by atoms with Crippen LogP contribution in [-0.4, -0.2) is 48.4 Å². The zero-order valence-electron chi connectivity index (χ0n) is 13.4. The summed E-state index contributed by atoms with van der Waals surface area (Å²) in [6, 6.07) is 4.12. The van der Waals surface area contributed by atoms with E-state index in [1.165, 1.54) is 29.2 Å². The topological polar surface area (TPSA) is 119 Å². The summed E-state index contributed by atoms with van der Waals surface area (Å²) in [5.41, 5.74) is 5.11. The van der Waals surface area contributed by atoms with Crippen molar-refractivity contribution in [2.45, 2.75) is 12.8 Å². The molecule has 0 aliphatic carbocycles. The van der Waals surface area contributed by atoms with Gasteiger partial charge in [0.2, 0.25) is 0 Å². The molecule has 2 rings (SSSR count). The molecule has 0 radical (unpaired) electrons. The van der Waals surface area contributed by atoms with Crippen molar-refractivity contribution in [3.63, 3.8) is 0 Å². The second-order valence-corrected chi connectivity index (χ2v) is 5.62. The Kier molecular flexibility index (Phi) is 6.04. The largest absolute Gasteiger partial charge is 0.455 e. The van der Waals surface area contributed by atoms with E-state index in [0.717, 1.165) is 0 Å². The molecule has 1 saturated heterocycles. The molecular weight excluding hydrogens is 333 g/mol. The van der Waals surface area contributed by atoms with Crippen LogP contribution in [-0.2, 0) is 14.3 Å². The number of hydrogen-bond donors (Lipinski definition) is 2. The van der Waals surface area contributed by atoms with Gasteiger partial charge in [0.25, 0.3) is 11.8 Å². The number of rotatable bonds is 4. The quantitative estimate of drug-likeness (QED) is 0.762. The molecule has 1 aliphatic rings. The molecule has 1 aromatic carbocycles. The van der Waals surface area contributed by atoms with E-state index in [0.29, 0.717) is 24.9 Å². The van der Waals surface area contributed by atoms with Gasteiger partial charge in [-0.25, -0.2) is 9.18 Å². The molecule has 1 fully saturated rings. The van der Waals surface area contributed by atoms with Crippen LogP contribution >= 0.6 is 0 Å². The highest BCUT2D eigenvalue weighted by molar-refractivity contribution is 5.95. The number of carbonyl (C=O) groups excluding carboxylic acids is 4. The zero-order chi connectivity index (χ0) is 18.4. The van der Waals surface area contributed by atoms with Gasteiger partial charge in [0.1, 0.15) is 5.82 Å². The number of likely N-dealkylation sites (tertiary alicyclic amines) is 1. The number of nitrogens with one attached hydrogen (secondary N) is 1. The number of amides is 4. The van der Waals surface area contributed by atoms with Crippen LogP contribution in [0.3, 0.4) is 0 Å². The Morgan fingerprint density at radius 2 is 1.92 bits per heavy atom. The molecular formula is C16H18FN3O5. The minimum Gasteiger partial charge on any atom is -0.455 e. The van der Waals surface area contributed by atoms with Crippen LogP contribution in [0.2, 0.25) is 0 Å². The van der Waals surface area contributed by atoms with Crippen LogP contribution < -0.4 is 11.1 Å². The normalized spacial score (nSPS) is 16.8. The summed E-state index contributed by atoms with van der Waals surface area (Å²) in [6.07, 6.45) is 1.11. The number of carbonyl (C=O) groups is 4. The molecule has 0 aromatic heterocycles. The number of esters is 1. The smallest absolute Gasteiger partial charge is 0.318 e. The molecule has 9 heteroatoms. The molecule has 1 atom stereocenters. The first-order valence-corrected chi connectivity index (χ1v) is 7.67. The molecule has 1 heterocycles. The summed E-state index contributed by atoms with van der Waals surface area (Å²) in [5.74, 6) is -2.76. The second kappa shape index (κ2) is 8.22. The molecule has 1 unspecified atom stereocenters. The van der Waals surface area contributed by atoms with E-state index in [2.05, 4.69) is 0 Å². The fraction of sp³-hybridized carbons (Fsp3) is 0.375. The van der Waals surface area contributed by atoms with Gasteiger partial charge in [-0.05, 0) is 37.1 Å². The molecule has 25 heavy (non-hydrogen) atoms. The fourth-order valence-electron chi connectivity index (χ4n) is 2.56. The van der Waals surface area contributed by atoms with Crippen LogP contribution in [0.1, 0.15) is 23.2 Å². The molecule has 1 aliphatic heterocycles. The van der Waals surface area contributed by atoms with Crippen LogP contribution in [0.4, 0.5) is 9.18 Å². The first-order valence-electron chi connectivity index (χ1n) is 7.67. The number of ether oxygens (including phenoxy) is 1. The number of nitrogens with two attached hydrogens (primary N) is 1. The number of primary amides is 1. The second-order valence-electron chi connectivity index (χ2n) is 5.62. The lowest BCUT2D eigenvalue weighted by atomic mass is 9.97. The molecule has 0 spiro atoms. The van der Waals surface area contributed by atoms with Crippen molar-refractivity contribution in [1.29, 1.82) is 0 Å². The minimum atomic E-state index is -1.03. The lowest BCUT2D eigenvalue weighted by Crippen LogP contribution is -2.43. The van der Waals surface area contributed by atoms with Gasteiger partial charge >= 0.3 is 12.0 Å². The summed E-state index contributed by atoms with van der Waals surface area (Å²) < 4.78 is 17.8. The maximum atomic E-state index is 12.9. The highest BCUT2D eigenvalue weighted by Crippen LogP contribution is 2.20. The number of nitrogens with zero attached hydrogens (tertiary/aromatic N) is 1. The maximum absolute atomic E-state index is 12.9. The summed E-state index contributed by atoms with van der Waals surface area (Å²) in [4.78, 5) is 47.7. The van der Waals surface area contributed by atoms with Crippen molar-refractivity contribution in [1.82, 2.24) is 10.2 Å². The Hall–Kier alpha value is -2.97. The third kappa shape index (κ3) is 5.27. The Balaban J connectivity index is 1.90. The molecule has 0 bridgehead atoms. The van der Waals surface area contributed by atoms with Crippen molar-refractivity contribution < 1.29 is 28.3 Å². The van der Waals surface area contributed by atoms with Gasteiger partial charge < -0.3 is 15.4 Å². The average Bonchev–Trinajstić information content (AvgIpc) is 2.59. The monoisotopic (exact) mass is 351 g/mol. The van der Waals surface area contributed by atoms with Crippen LogP contribution in [0.5, 0.6) is 0 Å². The summed E-state index contributed by atoms with van der Waals surface area (Å²) in [6.45, 7) is -0.00118. The van der Waals surface area contributed by atoms with E-state index in [4.69, 9.17) is 10.5 Å². The van der Waals surface area contributed by atoms with E-state index in [9.17, 15) is 23.6 Å². The summed E-state index contributed by atoms with van der Waals surface area (Å²) >= 11 is 0. The predicted octanol–water partition coefficient (Wildman–Crippen LogP) is 0.416. The van der Waals surface area contributed by atoms with Gasteiger partial charge in [-0.1, -0.05) is 0 Å². The molecule has 0 saturated carbocycles. The van der Waals surface area contributed by atoms with Crippen molar-refractivity contribution in [3.05, 3.63) is 35.6 Å². The average molecular weight is 351 g/mol. The van der Waals surface area contributed by atoms with Gasteiger partial charge in [-0.15, -0.1) is 0 Å². The van der Waals surface area contributed by atoms with Gasteiger partial charge in [-0.2, -0.15) is 0 Å². The number of piperidine rings is 1. The van der Waals surface area contributed by atoms with E-state index in [1.54, 1.807) is 5.32 Å². The van der Waals surface area contributed by atoms with E-state index >= 15 is 0 Å². The molecule has 1 aromatic rings. The first-order chi connectivity index (χ1) is 11.9.